The first-order valence-electron chi connectivity index (χ1n) is 16.4. The number of fused-ring (bicyclic) bond motifs is 11. The molecule has 2 aliphatic rings. The highest BCUT2D eigenvalue weighted by atomic mass is 32.2. The van der Waals surface area contributed by atoms with Crippen LogP contribution in [-0.4, -0.2) is 0 Å². The van der Waals surface area contributed by atoms with E-state index in [1.54, 1.807) is 0 Å². The van der Waals surface area contributed by atoms with E-state index in [9.17, 15) is 0 Å². The van der Waals surface area contributed by atoms with Crippen LogP contribution in [0.15, 0.2) is 161 Å². The average Bonchev–Trinajstić information content (AvgIpc) is 3.35. The number of hydrogen-bond acceptors (Lipinski definition) is 2. The lowest BCUT2D eigenvalue weighted by atomic mass is 9.81. The van der Waals surface area contributed by atoms with Crippen molar-refractivity contribution in [1.82, 2.24) is 0 Å². The summed E-state index contributed by atoms with van der Waals surface area (Å²) in [6, 6.07) is 56.4. The van der Waals surface area contributed by atoms with E-state index in [0.717, 1.165) is 0 Å². The molecule has 0 unspecified atom stereocenters. The van der Waals surface area contributed by atoms with Crippen LogP contribution < -0.4 is 4.90 Å². The standard InChI is InChI=1S/C45H31NS/c1-45(2)39-26-29(28-19-22-35-33-13-4-3-11-31(33)32-12-5-6-14-34(32)38(35)25-28)20-23-36(39)37-24-21-30(27-40(37)45)46-41-15-7-9-17-43(41)47-44-18-10-8-16-42(44)46/h3-27H,1-2H3. The molecular weight excluding hydrogens is 587 g/mol. The molecule has 1 aliphatic carbocycles. The maximum atomic E-state index is 2.45. The van der Waals surface area contributed by atoms with Crippen LogP contribution in [0.1, 0.15) is 25.0 Å². The molecule has 2 heteroatoms. The number of benzene rings is 8. The van der Waals surface area contributed by atoms with Gasteiger partial charge in [-0.3, -0.25) is 0 Å². The molecule has 0 amide bonds. The summed E-state index contributed by atoms with van der Waals surface area (Å²) in [5.41, 5.74) is 11.5. The Morgan fingerprint density at radius 3 is 1.53 bits per heavy atom. The SMILES string of the molecule is CC1(C)c2cc(-c3ccc4c5ccccc5c5ccccc5c4c3)ccc2-c2ccc(N3c4ccccc4Sc4ccccc43)cc21. The Bertz CT molecular complexity index is 2510. The normalized spacial score (nSPS) is 14.2. The second-order valence-electron chi connectivity index (χ2n) is 13.3. The van der Waals surface area contributed by atoms with Crippen LogP contribution in [0.2, 0.25) is 0 Å². The molecule has 1 nitrogen and oxygen atoms in total. The summed E-state index contributed by atoms with van der Waals surface area (Å²) in [6.07, 6.45) is 0. The zero-order valence-corrected chi connectivity index (χ0v) is 27.1. The molecule has 222 valence electrons. The predicted molar refractivity (Wildman–Crippen MR) is 201 cm³/mol. The smallest absolute Gasteiger partial charge is 0.0601 e. The molecule has 0 atom stereocenters. The fourth-order valence-electron chi connectivity index (χ4n) is 8.11. The van der Waals surface area contributed by atoms with Gasteiger partial charge in [0.2, 0.25) is 0 Å². The van der Waals surface area contributed by atoms with Gasteiger partial charge in [0.15, 0.2) is 0 Å². The Hall–Kier alpha value is -5.31. The molecule has 10 rings (SSSR count). The number of para-hydroxylation sites is 2. The molecule has 0 spiro atoms. The fraction of sp³-hybridized carbons (Fsp3) is 0.0667. The maximum absolute atomic E-state index is 2.45. The largest absolute Gasteiger partial charge is 0.308 e. The molecule has 0 fully saturated rings. The number of hydrogen-bond donors (Lipinski definition) is 0. The predicted octanol–water partition coefficient (Wildman–Crippen LogP) is 13.1. The minimum absolute atomic E-state index is 0.139. The summed E-state index contributed by atoms with van der Waals surface area (Å²) >= 11 is 1.86. The fourth-order valence-corrected chi connectivity index (χ4v) is 9.17. The van der Waals surface area contributed by atoms with E-state index in [1.165, 1.54) is 92.6 Å². The van der Waals surface area contributed by atoms with E-state index >= 15 is 0 Å². The van der Waals surface area contributed by atoms with Crippen LogP contribution in [-0.2, 0) is 5.41 Å². The molecule has 0 bridgehead atoms. The summed E-state index contributed by atoms with van der Waals surface area (Å²) in [4.78, 5) is 5.01. The highest BCUT2D eigenvalue weighted by Gasteiger charge is 2.37. The molecule has 1 heterocycles. The first-order valence-corrected chi connectivity index (χ1v) is 17.2. The van der Waals surface area contributed by atoms with Crippen molar-refractivity contribution in [3.05, 3.63) is 163 Å². The molecule has 8 aromatic carbocycles. The lowest BCUT2D eigenvalue weighted by Crippen LogP contribution is -2.18. The molecule has 0 aromatic heterocycles. The molecular formula is C45H31NS. The van der Waals surface area contributed by atoms with Crippen LogP contribution in [0.4, 0.5) is 17.1 Å². The monoisotopic (exact) mass is 617 g/mol. The quantitative estimate of drug-likeness (QED) is 0.178. The van der Waals surface area contributed by atoms with E-state index < -0.39 is 0 Å². The van der Waals surface area contributed by atoms with Gasteiger partial charge in [-0.05, 0) is 114 Å². The zero-order valence-electron chi connectivity index (χ0n) is 26.3. The van der Waals surface area contributed by atoms with Crippen LogP contribution in [0, 0.1) is 0 Å². The summed E-state index contributed by atoms with van der Waals surface area (Å²) in [6.45, 7) is 4.78. The molecule has 0 saturated carbocycles. The summed E-state index contributed by atoms with van der Waals surface area (Å²) in [5.74, 6) is 0. The second-order valence-corrected chi connectivity index (χ2v) is 14.4. The van der Waals surface area contributed by atoms with Crippen LogP contribution >= 0.6 is 11.8 Å². The van der Waals surface area contributed by atoms with Crippen molar-refractivity contribution in [3.63, 3.8) is 0 Å². The van der Waals surface area contributed by atoms with Crippen molar-refractivity contribution in [2.75, 3.05) is 4.90 Å². The highest BCUT2D eigenvalue weighted by Crippen LogP contribution is 2.55. The number of nitrogens with zero attached hydrogens (tertiary/aromatic N) is 1. The molecule has 8 aromatic rings. The third kappa shape index (κ3) is 3.86. The summed E-state index contributed by atoms with van der Waals surface area (Å²) in [7, 11) is 0. The van der Waals surface area contributed by atoms with Gasteiger partial charge in [0.1, 0.15) is 0 Å². The third-order valence-electron chi connectivity index (χ3n) is 10.4. The lowest BCUT2D eigenvalue weighted by molar-refractivity contribution is 0.660. The van der Waals surface area contributed by atoms with Gasteiger partial charge in [-0.25, -0.2) is 0 Å². The zero-order chi connectivity index (χ0) is 31.3. The maximum Gasteiger partial charge on any atom is 0.0601 e. The van der Waals surface area contributed by atoms with Crippen LogP contribution in [0.3, 0.4) is 0 Å². The average molecular weight is 618 g/mol. The Labute approximate surface area is 279 Å². The Morgan fingerprint density at radius 1 is 0.426 bits per heavy atom. The molecule has 0 saturated heterocycles. The van der Waals surface area contributed by atoms with E-state index in [2.05, 4.69) is 170 Å². The third-order valence-corrected chi connectivity index (χ3v) is 11.6. The topological polar surface area (TPSA) is 3.24 Å². The van der Waals surface area contributed by atoms with Crippen molar-refractivity contribution in [1.29, 1.82) is 0 Å². The van der Waals surface area contributed by atoms with Gasteiger partial charge in [0.05, 0.1) is 11.4 Å². The van der Waals surface area contributed by atoms with Crippen LogP contribution in [0.25, 0.3) is 54.6 Å². The molecule has 47 heavy (non-hydrogen) atoms. The van der Waals surface area contributed by atoms with Gasteiger partial charge in [-0.2, -0.15) is 0 Å². The van der Waals surface area contributed by atoms with Gasteiger partial charge in [-0.1, -0.05) is 129 Å². The highest BCUT2D eigenvalue weighted by molar-refractivity contribution is 7.99. The number of anilines is 3. The van der Waals surface area contributed by atoms with E-state index in [4.69, 9.17) is 0 Å². The van der Waals surface area contributed by atoms with Crippen molar-refractivity contribution >= 4 is 61.1 Å². The molecule has 0 N–H and O–H groups in total. The first-order chi connectivity index (χ1) is 23.1. The Balaban J connectivity index is 1.10. The van der Waals surface area contributed by atoms with E-state index in [-0.39, 0.29) is 5.41 Å². The Morgan fingerprint density at radius 2 is 0.894 bits per heavy atom. The first kappa shape index (κ1) is 26.9. The van der Waals surface area contributed by atoms with Gasteiger partial charge in [-0.15, -0.1) is 0 Å². The Kier molecular flexibility index (Phi) is 5.63. The van der Waals surface area contributed by atoms with Crippen molar-refractivity contribution in [3.8, 4) is 22.3 Å². The van der Waals surface area contributed by atoms with Gasteiger partial charge >= 0.3 is 0 Å². The van der Waals surface area contributed by atoms with Crippen molar-refractivity contribution < 1.29 is 0 Å². The molecule has 0 radical (unpaired) electrons. The van der Waals surface area contributed by atoms with E-state index in [0.29, 0.717) is 0 Å². The van der Waals surface area contributed by atoms with Crippen molar-refractivity contribution in [2.24, 2.45) is 0 Å². The second kappa shape index (κ2) is 9.84. The van der Waals surface area contributed by atoms with Gasteiger partial charge < -0.3 is 4.90 Å². The van der Waals surface area contributed by atoms with Crippen molar-refractivity contribution in [2.45, 2.75) is 29.1 Å². The van der Waals surface area contributed by atoms with Crippen LogP contribution in [0.5, 0.6) is 0 Å². The van der Waals surface area contributed by atoms with E-state index in [1.807, 2.05) is 11.8 Å². The minimum Gasteiger partial charge on any atom is -0.308 e. The minimum atomic E-state index is -0.139. The number of rotatable bonds is 2. The summed E-state index contributed by atoms with van der Waals surface area (Å²) in [5, 5.41) is 7.87. The van der Waals surface area contributed by atoms with Gasteiger partial charge in [0, 0.05) is 20.9 Å². The molecule has 1 aliphatic heterocycles. The van der Waals surface area contributed by atoms with Gasteiger partial charge in [0.25, 0.3) is 0 Å². The summed E-state index contributed by atoms with van der Waals surface area (Å²) < 4.78 is 0. The lowest BCUT2D eigenvalue weighted by Gasteiger charge is -2.33.